The Hall–Kier alpha value is -2.61. The topological polar surface area (TPSA) is 66.4 Å². The molecule has 0 atom stereocenters. The van der Waals surface area contributed by atoms with Crippen LogP contribution in [0.3, 0.4) is 0 Å². The average Bonchev–Trinajstić information content (AvgIpc) is 3.60. The molecular weight excluding hydrogens is 795 g/mol. The number of phenolic OH excluding ortho intramolecular Hbond substituents is 1. The van der Waals surface area contributed by atoms with Crippen LogP contribution in [-0.4, -0.2) is 5.11 Å². The van der Waals surface area contributed by atoms with Crippen LogP contribution in [0.25, 0.3) is 32.7 Å². The number of hydrogen-bond donors (Lipinski definition) is 1. The third-order valence-electron chi connectivity index (χ3n) is 7.62. The molecule has 2 aliphatic heterocycles. The minimum atomic E-state index is -5.60. The minimum absolute atomic E-state index is 0.0282. The van der Waals surface area contributed by atoms with Crippen LogP contribution in [0.15, 0.2) is 72.8 Å². The summed E-state index contributed by atoms with van der Waals surface area (Å²) in [4.78, 5) is 0. The zero-order valence-electron chi connectivity index (χ0n) is 22.9. The van der Waals surface area contributed by atoms with Gasteiger partial charge in [-0.15, -0.1) is 0 Å². The summed E-state index contributed by atoms with van der Waals surface area (Å²) in [5.41, 5.74) is 0.897. The monoisotopic (exact) mass is 804 g/mol. The summed E-state index contributed by atoms with van der Waals surface area (Å²) in [5.74, 6) is -0.665. The van der Waals surface area contributed by atoms with Gasteiger partial charge in [-0.2, -0.15) is 0 Å². The maximum atomic E-state index is 11.4. The number of phenols is 1. The van der Waals surface area contributed by atoms with E-state index in [9.17, 15) is 5.11 Å². The van der Waals surface area contributed by atoms with E-state index in [0.29, 0.717) is 16.5 Å². The first-order valence-corrected chi connectivity index (χ1v) is 18.2. The van der Waals surface area contributed by atoms with E-state index in [1.165, 1.54) is 0 Å². The van der Waals surface area contributed by atoms with Gasteiger partial charge in [-0.3, -0.25) is 0 Å². The van der Waals surface area contributed by atoms with Crippen molar-refractivity contribution in [1.29, 1.82) is 0 Å². The number of aromatic hydroxyl groups is 1. The second kappa shape index (κ2) is 10.9. The molecular formula is C32H13Cl8O6P. The molecule has 15 heteroatoms. The predicted molar refractivity (Wildman–Crippen MR) is 192 cm³/mol. The number of fused-ring (bicyclic) bond motifs is 4. The Labute approximate surface area is 306 Å². The van der Waals surface area contributed by atoms with E-state index in [2.05, 4.69) is 0 Å². The molecule has 0 amide bonds. The molecule has 2 heterocycles. The standard InChI is InChI=1S/C32H13Cl8O6P/c33-21-22(34)26(38)30-29(25(21)37)43-47(44-30,45-31-27(39)23(35)24(36)28(40)32(31)46-47)42-18-12-10-14-6-2-4-8-16(14)20(18)19-15-7-3-1-5-13(15)9-11-17(19)41/h1-12,41H. The normalized spacial score (nSPS) is 16.0. The van der Waals surface area contributed by atoms with Crippen molar-refractivity contribution in [1.82, 2.24) is 0 Å². The van der Waals surface area contributed by atoms with Gasteiger partial charge in [0.15, 0.2) is 0 Å². The van der Waals surface area contributed by atoms with Gasteiger partial charge in [-0.05, 0) is 0 Å². The molecule has 2 aliphatic rings. The third kappa shape index (κ3) is 4.58. The summed E-state index contributed by atoms with van der Waals surface area (Å²) in [6.45, 7) is 0. The van der Waals surface area contributed by atoms with E-state index in [-0.39, 0.29) is 74.7 Å². The van der Waals surface area contributed by atoms with Gasteiger partial charge in [0.05, 0.1) is 0 Å². The number of rotatable bonds is 3. The molecule has 0 saturated heterocycles. The molecule has 0 unspecified atom stereocenters. The molecule has 0 aliphatic carbocycles. The Morgan fingerprint density at radius 3 is 1.28 bits per heavy atom. The zero-order valence-corrected chi connectivity index (χ0v) is 29.8. The molecule has 6 aromatic carbocycles. The Morgan fingerprint density at radius 1 is 0.447 bits per heavy atom. The first kappa shape index (κ1) is 31.6. The van der Waals surface area contributed by atoms with E-state index in [4.69, 9.17) is 115 Å². The Kier molecular flexibility index (Phi) is 7.37. The molecule has 8 rings (SSSR count). The van der Waals surface area contributed by atoms with E-state index in [1.54, 1.807) is 18.2 Å². The molecule has 1 spiro atoms. The molecule has 0 radical (unpaired) electrons. The first-order chi connectivity index (χ1) is 22.4. The summed E-state index contributed by atoms with van der Waals surface area (Å²) in [6.07, 6.45) is 0. The molecule has 238 valence electrons. The van der Waals surface area contributed by atoms with Gasteiger partial charge in [0, 0.05) is 0 Å². The van der Waals surface area contributed by atoms with Gasteiger partial charge < -0.3 is 0 Å². The third-order valence-corrected chi connectivity index (χ3v) is 13.6. The zero-order chi connectivity index (χ0) is 33.0. The van der Waals surface area contributed by atoms with Crippen molar-refractivity contribution in [2.24, 2.45) is 0 Å². The fraction of sp³-hybridized carbons (Fsp3) is 0. The van der Waals surface area contributed by atoms with Crippen LogP contribution in [0.2, 0.25) is 40.2 Å². The van der Waals surface area contributed by atoms with Crippen molar-refractivity contribution in [3.8, 4) is 45.6 Å². The summed E-state index contributed by atoms with van der Waals surface area (Å²) < 4.78 is 32.4. The summed E-state index contributed by atoms with van der Waals surface area (Å²) in [6, 6.07) is 22.0. The Bertz CT molecular complexity index is 2230. The fourth-order valence-electron chi connectivity index (χ4n) is 5.56. The van der Waals surface area contributed by atoms with Crippen LogP contribution in [0.4, 0.5) is 0 Å². The molecule has 47 heavy (non-hydrogen) atoms. The second-order valence-corrected chi connectivity index (χ2v) is 15.8. The molecule has 6 aromatic rings. The van der Waals surface area contributed by atoms with E-state index in [0.717, 1.165) is 16.2 Å². The molecule has 0 fully saturated rings. The first-order valence-electron chi connectivity index (χ1n) is 13.4. The molecule has 0 bridgehead atoms. The fourth-order valence-corrected chi connectivity index (χ4v) is 10.3. The molecule has 0 aromatic heterocycles. The van der Waals surface area contributed by atoms with Gasteiger partial charge in [-0.1, -0.05) is 0 Å². The Morgan fingerprint density at radius 2 is 0.830 bits per heavy atom. The van der Waals surface area contributed by atoms with Crippen molar-refractivity contribution >= 4 is 122 Å². The predicted octanol–water partition coefficient (Wildman–Crippen LogP) is 14.0. The van der Waals surface area contributed by atoms with Gasteiger partial charge in [-0.25, -0.2) is 0 Å². The molecule has 0 saturated carbocycles. The van der Waals surface area contributed by atoms with Gasteiger partial charge >= 0.3 is 308 Å². The molecule has 1 N–H and O–H groups in total. The molecule has 6 nitrogen and oxygen atoms in total. The van der Waals surface area contributed by atoms with Crippen LogP contribution >= 0.6 is 101 Å². The van der Waals surface area contributed by atoms with Crippen molar-refractivity contribution in [2.45, 2.75) is 0 Å². The van der Waals surface area contributed by atoms with Crippen molar-refractivity contribution in [3.05, 3.63) is 113 Å². The maximum absolute atomic E-state index is 11.4. The van der Waals surface area contributed by atoms with Crippen molar-refractivity contribution < 1.29 is 27.7 Å². The van der Waals surface area contributed by atoms with E-state index >= 15 is 0 Å². The van der Waals surface area contributed by atoms with E-state index in [1.807, 2.05) is 54.6 Å². The second-order valence-electron chi connectivity index (χ2n) is 10.4. The number of hydrogen-bond acceptors (Lipinski definition) is 6. The van der Waals surface area contributed by atoms with Crippen LogP contribution in [0, 0.1) is 0 Å². The average molecular weight is 808 g/mol. The van der Waals surface area contributed by atoms with Crippen molar-refractivity contribution in [2.75, 3.05) is 0 Å². The van der Waals surface area contributed by atoms with Crippen LogP contribution < -0.4 is 22.6 Å². The summed E-state index contributed by atoms with van der Waals surface area (Å²) in [7, 11) is -5.60. The Balaban J connectivity index is 1.44. The SMILES string of the molecule is Oc1ccc2ccccc2c1-c1c(OP23(Oc4c(Cl)c(Cl)c(Cl)c(Cl)c4O2)Oc2c(Cl)c(Cl)c(Cl)c(Cl)c2O3)ccc2ccccc12. The van der Waals surface area contributed by atoms with Crippen LogP contribution in [0.5, 0.6) is 34.5 Å². The van der Waals surface area contributed by atoms with E-state index < -0.39 is 7.74 Å². The van der Waals surface area contributed by atoms with Crippen LogP contribution in [0.1, 0.15) is 0 Å². The van der Waals surface area contributed by atoms with Crippen molar-refractivity contribution in [3.63, 3.8) is 0 Å². The number of benzene rings is 6. The quantitative estimate of drug-likeness (QED) is 0.109. The van der Waals surface area contributed by atoms with Crippen LogP contribution in [-0.2, 0) is 0 Å². The van der Waals surface area contributed by atoms with Gasteiger partial charge in [0.2, 0.25) is 0 Å². The summed E-state index contributed by atoms with van der Waals surface area (Å²) in [5, 5.41) is 13.4. The van der Waals surface area contributed by atoms with Gasteiger partial charge in [0.1, 0.15) is 0 Å². The number of halogens is 8. The van der Waals surface area contributed by atoms with Gasteiger partial charge in [0.25, 0.3) is 0 Å². The summed E-state index contributed by atoms with van der Waals surface area (Å²) >= 11 is 52.0.